The summed E-state index contributed by atoms with van der Waals surface area (Å²) in [7, 11) is 0. The number of thiophene rings is 1. The van der Waals surface area contributed by atoms with Crippen LogP contribution in [0.4, 0.5) is 0 Å². The number of hydrogen-bond acceptors (Lipinski definition) is 4. The SMILES string of the molecule is c1ccc(-c2cccc3c2oc2c(-c4nc5ccccc5nc4-c4cccc5c4sc4c(-c6ccccc6)cccc45)cccc23)cc1. The van der Waals surface area contributed by atoms with E-state index in [0.29, 0.717) is 0 Å². The third-order valence-electron chi connectivity index (χ3n) is 9.30. The number of nitrogens with zero attached hydrogens (tertiary/aromatic N) is 2. The van der Waals surface area contributed by atoms with Gasteiger partial charge in [-0.2, -0.15) is 0 Å². The topological polar surface area (TPSA) is 38.9 Å². The molecule has 0 amide bonds. The van der Waals surface area contributed by atoms with E-state index in [9.17, 15) is 0 Å². The van der Waals surface area contributed by atoms with E-state index in [2.05, 4.69) is 127 Å². The van der Waals surface area contributed by atoms with Crippen molar-refractivity contribution in [1.29, 1.82) is 0 Å². The van der Waals surface area contributed by atoms with Crippen LogP contribution < -0.4 is 0 Å². The van der Waals surface area contributed by atoms with E-state index < -0.39 is 0 Å². The number of para-hydroxylation sites is 4. The van der Waals surface area contributed by atoms with Crippen LogP contribution in [0.5, 0.6) is 0 Å². The summed E-state index contributed by atoms with van der Waals surface area (Å²) in [5.41, 5.74) is 11.7. The zero-order valence-corrected chi connectivity index (χ0v) is 26.5. The van der Waals surface area contributed by atoms with Gasteiger partial charge in [-0.05, 0) is 34.9 Å². The van der Waals surface area contributed by atoms with Crippen molar-refractivity contribution in [2.45, 2.75) is 0 Å². The first-order chi connectivity index (χ1) is 23.8. The van der Waals surface area contributed by atoms with Gasteiger partial charge in [0.05, 0.1) is 16.7 Å². The lowest BCUT2D eigenvalue weighted by atomic mass is 9.98. The average molecular weight is 631 g/mol. The summed E-state index contributed by atoms with van der Waals surface area (Å²) < 4.78 is 9.33. The normalized spacial score (nSPS) is 11.8. The van der Waals surface area contributed by atoms with Gasteiger partial charge in [0.25, 0.3) is 0 Å². The fourth-order valence-corrected chi connectivity index (χ4v) is 8.43. The van der Waals surface area contributed by atoms with Crippen LogP contribution in [0.25, 0.3) is 97.9 Å². The standard InChI is InChI=1S/C44H26N2OS/c1-3-13-27(14-4-1)29-17-9-19-31-32-20-11-23-35(42(32)47-41(29)31)39-40(46-38-26-8-7-25-37(38)45-39)36-24-12-22-34-33-21-10-18-30(43(33)48-44(34)36)28-15-5-2-6-16-28/h1-26H. The summed E-state index contributed by atoms with van der Waals surface area (Å²) in [6, 6.07) is 55.1. The van der Waals surface area contributed by atoms with Gasteiger partial charge in [0, 0.05) is 47.6 Å². The van der Waals surface area contributed by atoms with E-state index in [0.717, 1.165) is 66.6 Å². The zero-order chi connectivity index (χ0) is 31.6. The molecule has 7 aromatic carbocycles. The highest BCUT2D eigenvalue weighted by molar-refractivity contribution is 7.26. The molecule has 0 radical (unpaired) electrons. The molecule has 0 N–H and O–H groups in total. The molecule has 0 aliphatic rings. The van der Waals surface area contributed by atoms with Crippen LogP contribution in [0.3, 0.4) is 0 Å². The molecule has 0 aliphatic heterocycles. The van der Waals surface area contributed by atoms with Crippen LogP contribution in [-0.2, 0) is 0 Å². The van der Waals surface area contributed by atoms with Crippen LogP contribution in [0, 0.1) is 0 Å². The molecule has 0 spiro atoms. The molecule has 0 fully saturated rings. The Kier molecular flexibility index (Phi) is 6.05. The monoisotopic (exact) mass is 630 g/mol. The predicted octanol–water partition coefficient (Wildman–Crippen LogP) is 12.6. The van der Waals surface area contributed by atoms with Crippen molar-refractivity contribution < 1.29 is 4.42 Å². The van der Waals surface area contributed by atoms with Crippen LogP contribution >= 0.6 is 11.3 Å². The van der Waals surface area contributed by atoms with Crippen LogP contribution in [0.2, 0.25) is 0 Å². The molecule has 3 heterocycles. The molecule has 0 aliphatic carbocycles. The van der Waals surface area contributed by atoms with Gasteiger partial charge in [-0.1, -0.05) is 140 Å². The van der Waals surface area contributed by atoms with E-state index in [-0.39, 0.29) is 0 Å². The third kappa shape index (κ3) is 4.13. The van der Waals surface area contributed by atoms with Crippen molar-refractivity contribution >= 4 is 64.5 Å². The Hall–Kier alpha value is -6.10. The fourth-order valence-electron chi connectivity index (χ4n) is 7.08. The number of hydrogen-bond donors (Lipinski definition) is 0. The van der Waals surface area contributed by atoms with E-state index in [1.54, 1.807) is 0 Å². The van der Waals surface area contributed by atoms with Gasteiger partial charge in [0.2, 0.25) is 0 Å². The number of aromatic nitrogens is 2. The first kappa shape index (κ1) is 27.1. The smallest absolute Gasteiger partial charge is 0.144 e. The minimum atomic E-state index is 0.813. The maximum Gasteiger partial charge on any atom is 0.144 e. The Balaban J connectivity index is 1.27. The van der Waals surface area contributed by atoms with Crippen molar-refractivity contribution in [3.05, 3.63) is 158 Å². The van der Waals surface area contributed by atoms with Crippen molar-refractivity contribution in [3.8, 4) is 44.8 Å². The molecular formula is C44H26N2OS. The van der Waals surface area contributed by atoms with Gasteiger partial charge in [-0.25, -0.2) is 9.97 Å². The molecule has 10 rings (SSSR count). The second-order valence-electron chi connectivity index (χ2n) is 12.1. The first-order valence-electron chi connectivity index (χ1n) is 16.1. The summed E-state index contributed by atoms with van der Waals surface area (Å²) >= 11 is 1.83. The summed E-state index contributed by atoms with van der Waals surface area (Å²) in [4.78, 5) is 10.7. The fraction of sp³-hybridized carbons (Fsp3) is 0. The van der Waals surface area contributed by atoms with Crippen molar-refractivity contribution in [3.63, 3.8) is 0 Å². The second kappa shape index (κ2) is 10.7. The summed E-state index contributed by atoms with van der Waals surface area (Å²) in [6.07, 6.45) is 0. The predicted molar refractivity (Wildman–Crippen MR) is 201 cm³/mol. The van der Waals surface area contributed by atoms with Crippen molar-refractivity contribution in [2.75, 3.05) is 0 Å². The number of fused-ring (bicyclic) bond motifs is 7. The Morgan fingerprint density at radius 1 is 0.354 bits per heavy atom. The average Bonchev–Trinajstić information content (AvgIpc) is 3.74. The molecule has 3 aromatic heterocycles. The maximum atomic E-state index is 6.86. The van der Waals surface area contributed by atoms with Gasteiger partial charge in [-0.15, -0.1) is 11.3 Å². The largest absolute Gasteiger partial charge is 0.455 e. The zero-order valence-electron chi connectivity index (χ0n) is 25.7. The molecular weight excluding hydrogens is 605 g/mol. The first-order valence-corrected chi connectivity index (χ1v) is 16.9. The quantitative estimate of drug-likeness (QED) is 0.194. The highest BCUT2D eigenvalue weighted by Gasteiger charge is 2.22. The Labute approximate surface area is 280 Å². The second-order valence-corrected chi connectivity index (χ2v) is 13.1. The van der Waals surface area contributed by atoms with E-state index >= 15 is 0 Å². The molecule has 0 saturated carbocycles. The molecule has 0 saturated heterocycles. The molecule has 3 nitrogen and oxygen atoms in total. The maximum absolute atomic E-state index is 6.86. The van der Waals surface area contributed by atoms with Crippen molar-refractivity contribution in [1.82, 2.24) is 9.97 Å². The number of furan rings is 1. The van der Waals surface area contributed by atoms with Crippen LogP contribution in [0.1, 0.15) is 0 Å². The Morgan fingerprint density at radius 3 is 1.42 bits per heavy atom. The highest BCUT2D eigenvalue weighted by atomic mass is 32.1. The Morgan fingerprint density at radius 2 is 0.792 bits per heavy atom. The lowest BCUT2D eigenvalue weighted by Gasteiger charge is -2.12. The number of benzene rings is 7. The van der Waals surface area contributed by atoms with Crippen molar-refractivity contribution in [2.24, 2.45) is 0 Å². The lowest BCUT2D eigenvalue weighted by molar-refractivity contribution is 0.671. The molecule has 0 unspecified atom stereocenters. The highest BCUT2D eigenvalue weighted by Crippen LogP contribution is 2.46. The summed E-state index contributed by atoms with van der Waals surface area (Å²) in [6.45, 7) is 0. The minimum Gasteiger partial charge on any atom is -0.455 e. The summed E-state index contributed by atoms with van der Waals surface area (Å²) in [5, 5.41) is 4.62. The van der Waals surface area contributed by atoms with Crippen LogP contribution in [-0.4, -0.2) is 9.97 Å². The molecule has 0 atom stereocenters. The van der Waals surface area contributed by atoms with E-state index in [4.69, 9.17) is 14.4 Å². The molecule has 48 heavy (non-hydrogen) atoms. The molecule has 10 aromatic rings. The number of rotatable bonds is 4. The van der Waals surface area contributed by atoms with Gasteiger partial charge in [0.15, 0.2) is 0 Å². The van der Waals surface area contributed by atoms with Gasteiger partial charge in [-0.3, -0.25) is 0 Å². The third-order valence-corrected chi connectivity index (χ3v) is 10.6. The molecule has 224 valence electrons. The van der Waals surface area contributed by atoms with Gasteiger partial charge >= 0.3 is 0 Å². The van der Waals surface area contributed by atoms with Gasteiger partial charge in [0.1, 0.15) is 16.9 Å². The van der Waals surface area contributed by atoms with Crippen LogP contribution in [0.15, 0.2) is 162 Å². The minimum absolute atomic E-state index is 0.813. The molecule has 0 bridgehead atoms. The van der Waals surface area contributed by atoms with E-state index in [1.807, 2.05) is 41.7 Å². The summed E-state index contributed by atoms with van der Waals surface area (Å²) in [5.74, 6) is 0. The Bertz CT molecular complexity index is 2640. The lowest BCUT2D eigenvalue weighted by Crippen LogP contribution is -1.96. The molecule has 4 heteroatoms. The van der Waals surface area contributed by atoms with Gasteiger partial charge < -0.3 is 4.42 Å². The van der Waals surface area contributed by atoms with E-state index in [1.165, 1.54) is 31.3 Å².